The van der Waals surface area contributed by atoms with Crippen molar-refractivity contribution in [3.8, 4) is 0 Å². The van der Waals surface area contributed by atoms with Crippen LogP contribution < -0.4 is 0 Å². The van der Waals surface area contributed by atoms with Gasteiger partial charge in [-0.3, -0.25) is 0 Å². The third-order valence-electron chi connectivity index (χ3n) is 2.83. The summed E-state index contributed by atoms with van der Waals surface area (Å²) in [5.41, 5.74) is 0. The van der Waals surface area contributed by atoms with Gasteiger partial charge >= 0.3 is 0 Å². The predicted molar refractivity (Wildman–Crippen MR) is 82.4 cm³/mol. The van der Waals surface area contributed by atoms with E-state index >= 15 is 0 Å². The number of likely N-dealkylation sites (N-methyl/N-ethyl adjacent to an activating group) is 1. The molecular formula is C13H24N2O3S2. The van der Waals surface area contributed by atoms with E-state index in [-0.39, 0.29) is 17.4 Å². The van der Waals surface area contributed by atoms with E-state index in [9.17, 15) is 13.5 Å². The first-order chi connectivity index (χ1) is 9.28. The molecule has 20 heavy (non-hydrogen) atoms. The standard InChI is InChI=1S/C13H24N2O3S2/c1-11(2)9-15(7-6-14(3)4)20(17,18)13-5-8-19-12(13)10-16/h5,8,11,16H,6-7,9-10H2,1-4H3. The van der Waals surface area contributed by atoms with Crippen molar-refractivity contribution >= 4 is 21.4 Å². The van der Waals surface area contributed by atoms with E-state index < -0.39 is 10.0 Å². The van der Waals surface area contributed by atoms with Crippen molar-refractivity contribution < 1.29 is 13.5 Å². The lowest BCUT2D eigenvalue weighted by Crippen LogP contribution is -2.39. The molecule has 0 atom stereocenters. The molecule has 0 aliphatic rings. The van der Waals surface area contributed by atoms with Crippen molar-refractivity contribution in [1.29, 1.82) is 0 Å². The van der Waals surface area contributed by atoms with E-state index in [0.29, 0.717) is 24.5 Å². The zero-order valence-corrected chi connectivity index (χ0v) is 14.2. The molecule has 1 N–H and O–H groups in total. The van der Waals surface area contributed by atoms with Gasteiger partial charge in [0.1, 0.15) is 0 Å². The van der Waals surface area contributed by atoms with Gasteiger partial charge in [0.2, 0.25) is 10.0 Å². The first kappa shape index (κ1) is 17.6. The molecule has 0 aliphatic heterocycles. The van der Waals surface area contributed by atoms with Gasteiger partial charge in [-0.15, -0.1) is 11.3 Å². The smallest absolute Gasteiger partial charge is 0.244 e. The third-order valence-corrected chi connectivity index (χ3v) is 5.82. The van der Waals surface area contributed by atoms with Gasteiger partial charge in [-0.25, -0.2) is 8.42 Å². The highest BCUT2D eigenvalue weighted by atomic mass is 32.2. The van der Waals surface area contributed by atoms with Crippen molar-refractivity contribution in [3.05, 3.63) is 16.3 Å². The highest BCUT2D eigenvalue weighted by molar-refractivity contribution is 7.89. The molecule has 0 radical (unpaired) electrons. The molecule has 0 amide bonds. The lowest BCUT2D eigenvalue weighted by atomic mass is 10.2. The van der Waals surface area contributed by atoms with Crippen LogP contribution in [-0.2, 0) is 16.6 Å². The first-order valence-corrected chi connectivity index (χ1v) is 8.93. The Morgan fingerprint density at radius 2 is 1.95 bits per heavy atom. The van der Waals surface area contributed by atoms with E-state index in [4.69, 9.17) is 0 Å². The molecule has 1 aromatic rings. The number of aliphatic hydroxyl groups excluding tert-OH is 1. The number of hydrogen-bond acceptors (Lipinski definition) is 5. The Hall–Kier alpha value is -0.470. The van der Waals surface area contributed by atoms with Crippen LogP contribution in [0.2, 0.25) is 0 Å². The van der Waals surface area contributed by atoms with Crippen molar-refractivity contribution in [2.24, 2.45) is 5.92 Å². The van der Waals surface area contributed by atoms with E-state index in [1.165, 1.54) is 15.6 Å². The van der Waals surface area contributed by atoms with Crippen LogP contribution in [0.4, 0.5) is 0 Å². The van der Waals surface area contributed by atoms with Gasteiger partial charge in [-0.05, 0) is 31.5 Å². The first-order valence-electron chi connectivity index (χ1n) is 6.61. The summed E-state index contributed by atoms with van der Waals surface area (Å²) in [6, 6.07) is 1.58. The average Bonchev–Trinajstić information content (AvgIpc) is 2.82. The SMILES string of the molecule is CC(C)CN(CCN(C)C)S(=O)(=O)c1ccsc1CO. The molecule has 0 unspecified atom stereocenters. The average molecular weight is 320 g/mol. The number of rotatable bonds is 8. The summed E-state index contributed by atoms with van der Waals surface area (Å²) >= 11 is 1.27. The molecule has 1 rings (SSSR count). The van der Waals surface area contributed by atoms with Gasteiger partial charge in [0, 0.05) is 24.5 Å². The summed E-state index contributed by atoms with van der Waals surface area (Å²) < 4.78 is 27.0. The van der Waals surface area contributed by atoms with Crippen LogP contribution in [0.5, 0.6) is 0 Å². The van der Waals surface area contributed by atoms with E-state index in [1.807, 2.05) is 32.8 Å². The maximum Gasteiger partial charge on any atom is 0.244 e. The fraction of sp³-hybridized carbons (Fsp3) is 0.692. The van der Waals surface area contributed by atoms with Crippen molar-refractivity contribution in [3.63, 3.8) is 0 Å². The fourth-order valence-electron chi connectivity index (χ4n) is 1.84. The van der Waals surface area contributed by atoms with E-state index in [2.05, 4.69) is 0 Å². The minimum absolute atomic E-state index is 0.240. The normalized spacial score (nSPS) is 12.8. The number of sulfonamides is 1. The summed E-state index contributed by atoms with van der Waals surface area (Å²) in [5, 5.41) is 11.0. The van der Waals surface area contributed by atoms with E-state index in [0.717, 1.165) is 0 Å². The number of nitrogens with zero attached hydrogens (tertiary/aromatic N) is 2. The third kappa shape index (κ3) is 4.53. The summed E-state index contributed by atoms with van der Waals surface area (Å²) in [6.45, 7) is 5.36. The summed E-state index contributed by atoms with van der Waals surface area (Å²) in [5.74, 6) is 0.253. The van der Waals surface area contributed by atoms with Crippen LogP contribution in [0.25, 0.3) is 0 Å². The van der Waals surface area contributed by atoms with Crippen molar-refractivity contribution in [2.75, 3.05) is 33.7 Å². The quantitative estimate of drug-likeness (QED) is 0.787. The molecule has 0 saturated heterocycles. The Kier molecular flexibility index (Phi) is 6.60. The van der Waals surface area contributed by atoms with Gasteiger partial charge in [-0.1, -0.05) is 13.8 Å². The molecule has 116 valence electrons. The Morgan fingerprint density at radius 3 is 2.45 bits per heavy atom. The Bertz CT molecular complexity index is 509. The molecule has 5 nitrogen and oxygen atoms in total. The van der Waals surface area contributed by atoms with Gasteiger partial charge < -0.3 is 10.0 Å². The molecule has 0 saturated carbocycles. The lowest BCUT2D eigenvalue weighted by molar-refractivity contribution is 0.281. The number of hydrogen-bond donors (Lipinski definition) is 1. The molecule has 1 heterocycles. The van der Waals surface area contributed by atoms with Crippen LogP contribution in [0.1, 0.15) is 18.7 Å². The van der Waals surface area contributed by atoms with Gasteiger partial charge in [-0.2, -0.15) is 4.31 Å². The van der Waals surface area contributed by atoms with Crippen LogP contribution in [0.15, 0.2) is 16.3 Å². The maximum absolute atomic E-state index is 12.7. The Morgan fingerprint density at radius 1 is 1.30 bits per heavy atom. The predicted octanol–water partition coefficient (Wildman–Crippen LogP) is 1.45. The van der Waals surface area contributed by atoms with Gasteiger partial charge in [0.05, 0.1) is 11.5 Å². The van der Waals surface area contributed by atoms with Gasteiger partial charge in [0.15, 0.2) is 0 Å². The summed E-state index contributed by atoms with van der Waals surface area (Å²) in [4.78, 5) is 2.71. The van der Waals surface area contributed by atoms with Crippen LogP contribution in [-0.4, -0.2) is 56.5 Å². The molecule has 0 aromatic carbocycles. The summed E-state index contributed by atoms with van der Waals surface area (Å²) in [7, 11) is 0.307. The second-order valence-electron chi connectivity index (χ2n) is 5.43. The molecular weight excluding hydrogens is 296 g/mol. The minimum Gasteiger partial charge on any atom is -0.391 e. The fourth-order valence-corrected chi connectivity index (χ4v) is 4.70. The molecule has 0 fully saturated rings. The molecule has 7 heteroatoms. The Labute approximate surface area is 125 Å². The van der Waals surface area contributed by atoms with Gasteiger partial charge in [0.25, 0.3) is 0 Å². The monoisotopic (exact) mass is 320 g/mol. The van der Waals surface area contributed by atoms with Crippen LogP contribution in [0.3, 0.4) is 0 Å². The maximum atomic E-state index is 12.7. The lowest BCUT2D eigenvalue weighted by Gasteiger charge is -2.25. The van der Waals surface area contributed by atoms with Crippen LogP contribution in [0, 0.1) is 5.92 Å². The number of aliphatic hydroxyl groups is 1. The molecule has 0 aliphatic carbocycles. The zero-order valence-electron chi connectivity index (χ0n) is 12.5. The second kappa shape index (κ2) is 7.51. The largest absolute Gasteiger partial charge is 0.391 e. The van der Waals surface area contributed by atoms with Crippen molar-refractivity contribution in [2.45, 2.75) is 25.3 Å². The zero-order chi connectivity index (χ0) is 15.3. The highest BCUT2D eigenvalue weighted by Gasteiger charge is 2.27. The minimum atomic E-state index is -3.53. The molecule has 0 bridgehead atoms. The molecule has 1 aromatic heterocycles. The van der Waals surface area contributed by atoms with Crippen molar-refractivity contribution in [1.82, 2.24) is 9.21 Å². The second-order valence-corrected chi connectivity index (χ2v) is 8.33. The topological polar surface area (TPSA) is 60.9 Å². The number of thiophene rings is 1. The van der Waals surface area contributed by atoms with E-state index in [1.54, 1.807) is 11.4 Å². The summed E-state index contributed by atoms with van der Waals surface area (Å²) in [6.07, 6.45) is 0. The Balaban J connectivity index is 3.04. The highest BCUT2D eigenvalue weighted by Crippen LogP contribution is 2.25. The molecule has 0 spiro atoms. The van der Waals surface area contributed by atoms with Crippen LogP contribution >= 0.6 is 11.3 Å².